The van der Waals surface area contributed by atoms with Gasteiger partial charge in [0.15, 0.2) is 0 Å². The first-order valence-electron chi connectivity index (χ1n) is 5.33. The minimum atomic E-state index is -1.15. The molecule has 0 saturated heterocycles. The van der Waals surface area contributed by atoms with Crippen molar-refractivity contribution in [3.8, 4) is 0 Å². The normalized spacial score (nSPS) is 22.5. The highest BCUT2D eigenvalue weighted by atomic mass is 16.5. The second-order valence-electron chi connectivity index (χ2n) is 3.05. The highest BCUT2D eigenvalue weighted by Crippen LogP contribution is 2.22. The van der Waals surface area contributed by atoms with Crippen LogP contribution in [0.2, 0.25) is 0 Å². The summed E-state index contributed by atoms with van der Waals surface area (Å²) >= 11 is 0. The Balaban J connectivity index is 1.89. The summed E-state index contributed by atoms with van der Waals surface area (Å²) < 4.78 is 19.8. The van der Waals surface area contributed by atoms with Crippen LogP contribution in [0, 0.1) is 0 Å². The maximum Gasteiger partial charge on any atom is 0.338 e. The molecule has 0 aromatic heterocycles. The zero-order valence-electron chi connectivity index (χ0n) is 9.19. The summed E-state index contributed by atoms with van der Waals surface area (Å²) in [5.74, 6) is -0.365. The second-order valence-corrected chi connectivity index (χ2v) is 3.05. The fourth-order valence-electron chi connectivity index (χ4n) is 1.14. The van der Waals surface area contributed by atoms with Crippen LogP contribution in [-0.2, 0) is 4.74 Å². The number of benzene rings is 1. The van der Waals surface area contributed by atoms with Gasteiger partial charge in [-0.1, -0.05) is 18.2 Å². The SMILES string of the molecule is [2H]C1([2H])CC(OC(=O)c2ccccc2)C1. The first-order valence-corrected chi connectivity index (χ1v) is 4.33. The summed E-state index contributed by atoms with van der Waals surface area (Å²) in [7, 11) is 0. The van der Waals surface area contributed by atoms with Crippen LogP contribution in [0.15, 0.2) is 30.3 Å². The Morgan fingerprint density at radius 3 is 2.69 bits per heavy atom. The highest BCUT2D eigenvalue weighted by Gasteiger charge is 2.21. The van der Waals surface area contributed by atoms with E-state index < -0.39 is 6.37 Å². The van der Waals surface area contributed by atoms with Crippen molar-refractivity contribution < 1.29 is 12.3 Å². The van der Waals surface area contributed by atoms with Gasteiger partial charge in [-0.2, -0.15) is 0 Å². The molecule has 0 unspecified atom stereocenters. The second kappa shape index (κ2) is 3.60. The molecule has 2 rings (SSSR count). The van der Waals surface area contributed by atoms with Crippen LogP contribution < -0.4 is 0 Å². The quantitative estimate of drug-likeness (QED) is 0.650. The molecule has 0 heterocycles. The molecule has 0 amide bonds. The smallest absolute Gasteiger partial charge is 0.338 e. The number of hydrogen-bond donors (Lipinski definition) is 0. The molecule has 0 aliphatic heterocycles. The first kappa shape index (κ1) is 6.19. The van der Waals surface area contributed by atoms with Crippen LogP contribution in [-0.4, -0.2) is 12.1 Å². The van der Waals surface area contributed by atoms with E-state index in [-0.39, 0.29) is 12.1 Å². The summed E-state index contributed by atoms with van der Waals surface area (Å²) in [5, 5.41) is 0. The molecule has 68 valence electrons. The van der Waals surface area contributed by atoms with E-state index in [1.54, 1.807) is 24.3 Å². The van der Waals surface area contributed by atoms with Gasteiger partial charge < -0.3 is 4.74 Å². The van der Waals surface area contributed by atoms with Crippen LogP contribution in [0.5, 0.6) is 0 Å². The number of carbonyl (C=O) groups excluding carboxylic acids is 1. The van der Waals surface area contributed by atoms with E-state index in [0.29, 0.717) is 18.4 Å². The fourth-order valence-corrected chi connectivity index (χ4v) is 1.14. The van der Waals surface area contributed by atoms with Crippen molar-refractivity contribution in [3.63, 3.8) is 0 Å². The van der Waals surface area contributed by atoms with Crippen molar-refractivity contribution in [3.05, 3.63) is 35.9 Å². The van der Waals surface area contributed by atoms with Gasteiger partial charge in [0.1, 0.15) is 6.10 Å². The zero-order chi connectivity index (χ0) is 10.9. The molecule has 0 atom stereocenters. The highest BCUT2D eigenvalue weighted by molar-refractivity contribution is 5.89. The van der Waals surface area contributed by atoms with Gasteiger partial charge in [-0.3, -0.25) is 0 Å². The average Bonchev–Trinajstić information content (AvgIpc) is 2.16. The molecule has 2 nitrogen and oxygen atoms in total. The molecule has 0 bridgehead atoms. The lowest BCUT2D eigenvalue weighted by molar-refractivity contribution is 0.00901. The zero-order valence-corrected chi connectivity index (χ0v) is 7.19. The van der Waals surface area contributed by atoms with Gasteiger partial charge in [-0.05, 0) is 31.3 Å². The molecule has 1 aromatic rings. The third-order valence-electron chi connectivity index (χ3n) is 2.03. The average molecular weight is 178 g/mol. The Morgan fingerprint density at radius 2 is 2.08 bits per heavy atom. The van der Waals surface area contributed by atoms with Crippen LogP contribution in [0.1, 0.15) is 32.3 Å². The van der Waals surface area contributed by atoms with E-state index >= 15 is 0 Å². The van der Waals surface area contributed by atoms with Crippen molar-refractivity contribution in [2.75, 3.05) is 0 Å². The molecule has 13 heavy (non-hydrogen) atoms. The molecule has 0 N–H and O–H groups in total. The molecule has 1 aromatic carbocycles. The van der Waals surface area contributed by atoms with Gasteiger partial charge in [0.2, 0.25) is 0 Å². The van der Waals surface area contributed by atoms with Gasteiger partial charge in [0.05, 0.1) is 5.56 Å². The largest absolute Gasteiger partial charge is 0.459 e. The molecule has 1 aliphatic carbocycles. The Bertz CT molecular complexity index is 354. The van der Waals surface area contributed by atoms with E-state index in [9.17, 15) is 4.79 Å². The van der Waals surface area contributed by atoms with E-state index in [1.165, 1.54) is 0 Å². The van der Waals surface area contributed by atoms with Crippen molar-refractivity contribution in [1.82, 2.24) is 0 Å². The van der Waals surface area contributed by atoms with E-state index in [1.807, 2.05) is 6.07 Å². The minimum absolute atomic E-state index is 0.257. The minimum Gasteiger partial charge on any atom is -0.459 e. The number of hydrogen-bond acceptors (Lipinski definition) is 2. The number of carbonyl (C=O) groups is 1. The lowest BCUT2D eigenvalue weighted by atomic mass is 9.96. The lowest BCUT2D eigenvalue weighted by Crippen LogP contribution is -2.24. The molecule has 1 aliphatic rings. The van der Waals surface area contributed by atoms with Crippen LogP contribution in [0.25, 0.3) is 0 Å². The molecule has 1 fully saturated rings. The fraction of sp³-hybridized carbons (Fsp3) is 0.364. The Labute approximate surface area is 80.3 Å². The molecular formula is C11H12O2. The Hall–Kier alpha value is -1.31. The van der Waals surface area contributed by atoms with Gasteiger partial charge in [0.25, 0.3) is 0 Å². The van der Waals surface area contributed by atoms with Crippen LogP contribution in [0.4, 0.5) is 0 Å². The summed E-state index contributed by atoms with van der Waals surface area (Å²) in [5.41, 5.74) is 0.518. The Kier molecular flexibility index (Phi) is 1.72. The topological polar surface area (TPSA) is 26.3 Å². The van der Waals surface area contributed by atoms with Crippen LogP contribution in [0.3, 0.4) is 0 Å². The standard InChI is InChI=1S/C11H12O2/c12-11(13-10-7-4-8-10)9-5-2-1-3-6-9/h1-3,5-6,10H,4,7-8H2/i4D2. The third kappa shape index (κ3) is 1.89. The maximum atomic E-state index is 11.5. The monoisotopic (exact) mass is 178 g/mol. The number of rotatable bonds is 2. The first-order chi connectivity index (χ1) is 7.07. The van der Waals surface area contributed by atoms with Crippen molar-refractivity contribution in [2.45, 2.75) is 25.3 Å². The predicted octanol–water partition coefficient (Wildman–Crippen LogP) is 2.40. The summed E-state index contributed by atoms with van der Waals surface area (Å²) in [6.07, 6.45) is -0.786. The summed E-state index contributed by atoms with van der Waals surface area (Å²) in [6, 6.07) is 8.76. The van der Waals surface area contributed by atoms with Crippen molar-refractivity contribution >= 4 is 5.97 Å². The molecule has 2 heteroatoms. The summed E-state index contributed by atoms with van der Waals surface area (Å²) in [4.78, 5) is 11.5. The predicted molar refractivity (Wildman–Crippen MR) is 49.5 cm³/mol. The molecule has 0 radical (unpaired) electrons. The molecule has 0 spiro atoms. The third-order valence-corrected chi connectivity index (χ3v) is 2.03. The summed E-state index contributed by atoms with van der Waals surface area (Å²) in [6.45, 7) is 0. The van der Waals surface area contributed by atoms with Gasteiger partial charge in [-0.15, -0.1) is 0 Å². The van der Waals surface area contributed by atoms with E-state index in [4.69, 9.17) is 7.48 Å². The van der Waals surface area contributed by atoms with Gasteiger partial charge in [-0.25, -0.2) is 4.79 Å². The lowest BCUT2D eigenvalue weighted by Gasteiger charge is -2.25. The number of ether oxygens (including phenoxy) is 1. The van der Waals surface area contributed by atoms with E-state index in [0.717, 1.165) is 0 Å². The van der Waals surface area contributed by atoms with Crippen molar-refractivity contribution in [2.24, 2.45) is 0 Å². The maximum absolute atomic E-state index is 11.5. The molecular weight excluding hydrogens is 164 g/mol. The van der Waals surface area contributed by atoms with Crippen LogP contribution >= 0.6 is 0 Å². The molecule has 1 saturated carbocycles. The van der Waals surface area contributed by atoms with Crippen molar-refractivity contribution in [1.29, 1.82) is 0 Å². The number of esters is 1. The Morgan fingerprint density at radius 1 is 1.38 bits per heavy atom. The van der Waals surface area contributed by atoms with Gasteiger partial charge in [0, 0.05) is 2.74 Å². The van der Waals surface area contributed by atoms with Gasteiger partial charge >= 0.3 is 5.97 Å². The van der Waals surface area contributed by atoms with E-state index in [2.05, 4.69) is 0 Å².